The van der Waals surface area contributed by atoms with Crippen molar-refractivity contribution in [3.8, 4) is 0 Å². The van der Waals surface area contributed by atoms with Gasteiger partial charge in [0.15, 0.2) is 15.5 Å². The summed E-state index contributed by atoms with van der Waals surface area (Å²) in [7, 11) is -3.19. The first kappa shape index (κ1) is 15.6. The monoisotopic (exact) mass is 331 g/mol. The number of rotatable bonds is 5. The van der Waals surface area contributed by atoms with E-state index in [0.717, 1.165) is 35.7 Å². The Hall–Kier alpha value is -2.28. The van der Waals surface area contributed by atoms with Crippen molar-refractivity contribution in [1.82, 2.24) is 15.3 Å². The molecule has 6 nitrogen and oxygen atoms in total. The lowest BCUT2D eigenvalue weighted by molar-refractivity contribution is 0.0952. The first-order valence-electron chi connectivity index (χ1n) is 7.35. The number of para-hydroxylation sites is 2. The fraction of sp³-hybridized carbons (Fsp3) is 0.312. The number of nitrogens with zero attached hydrogens (tertiary/aromatic N) is 2. The minimum atomic E-state index is -3.19. The normalized spacial score (nSPS) is 15.2. The Morgan fingerprint density at radius 1 is 1.26 bits per heavy atom. The summed E-state index contributed by atoms with van der Waals surface area (Å²) in [5.41, 5.74) is 2.52. The number of hydrogen-bond donors (Lipinski definition) is 1. The van der Waals surface area contributed by atoms with E-state index in [1.807, 2.05) is 24.3 Å². The second-order valence-electron chi connectivity index (χ2n) is 5.63. The average Bonchev–Trinajstić information content (AvgIpc) is 3.34. The van der Waals surface area contributed by atoms with Crippen LogP contribution in [0.2, 0.25) is 0 Å². The van der Waals surface area contributed by atoms with E-state index in [1.54, 1.807) is 0 Å². The Morgan fingerprint density at radius 3 is 2.52 bits per heavy atom. The van der Waals surface area contributed by atoms with E-state index in [1.165, 1.54) is 6.08 Å². The molecule has 0 atom stereocenters. The number of hydrogen-bond acceptors (Lipinski definition) is 5. The second-order valence-corrected chi connectivity index (χ2v) is 7.56. The average molecular weight is 331 g/mol. The highest BCUT2D eigenvalue weighted by atomic mass is 32.2. The molecule has 1 N–H and O–H groups in total. The first-order valence-corrected chi connectivity index (χ1v) is 9.31. The molecule has 3 rings (SSSR count). The van der Waals surface area contributed by atoms with E-state index in [4.69, 9.17) is 0 Å². The van der Waals surface area contributed by atoms with Gasteiger partial charge in [0.25, 0.3) is 5.91 Å². The Balaban J connectivity index is 1.84. The van der Waals surface area contributed by atoms with Crippen LogP contribution < -0.4 is 5.32 Å². The van der Waals surface area contributed by atoms with Gasteiger partial charge in [0, 0.05) is 24.1 Å². The molecule has 1 aliphatic carbocycles. The van der Waals surface area contributed by atoms with Crippen LogP contribution >= 0.6 is 0 Å². The van der Waals surface area contributed by atoms with Gasteiger partial charge < -0.3 is 5.32 Å². The molecule has 23 heavy (non-hydrogen) atoms. The summed E-state index contributed by atoms with van der Waals surface area (Å²) >= 11 is 0. The van der Waals surface area contributed by atoms with Gasteiger partial charge in [-0.1, -0.05) is 18.2 Å². The first-order chi connectivity index (χ1) is 10.9. The van der Waals surface area contributed by atoms with Gasteiger partial charge in [-0.2, -0.15) is 0 Å². The molecule has 1 aromatic heterocycles. The quantitative estimate of drug-likeness (QED) is 0.902. The lowest BCUT2D eigenvalue weighted by Gasteiger charge is -2.08. The number of fused-ring (bicyclic) bond motifs is 1. The summed E-state index contributed by atoms with van der Waals surface area (Å²) in [6.07, 6.45) is 4.53. The predicted octanol–water partition coefficient (Wildman–Crippen LogP) is 1.80. The molecule has 1 heterocycles. The molecule has 1 saturated carbocycles. The SMILES string of the molecule is CS(=O)(=O)/C=C/CNC(=O)c1nc2ccccc2nc1C1CC1. The molecule has 1 aromatic carbocycles. The van der Waals surface area contributed by atoms with Crippen LogP contribution in [0.5, 0.6) is 0 Å². The molecule has 0 aliphatic heterocycles. The molecule has 0 bridgehead atoms. The van der Waals surface area contributed by atoms with E-state index in [9.17, 15) is 13.2 Å². The predicted molar refractivity (Wildman–Crippen MR) is 87.8 cm³/mol. The Kier molecular flexibility index (Phi) is 4.12. The molecule has 0 radical (unpaired) electrons. The molecule has 120 valence electrons. The zero-order valence-electron chi connectivity index (χ0n) is 12.7. The van der Waals surface area contributed by atoms with Gasteiger partial charge in [0.05, 0.1) is 16.7 Å². The molecule has 7 heteroatoms. The summed E-state index contributed by atoms with van der Waals surface area (Å²) in [5.74, 6) is -0.0391. The van der Waals surface area contributed by atoms with Crippen LogP contribution in [0, 0.1) is 0 Å². The van der Waals surface area contributed by atoms with Crippen LogP contribution in [0.1, 0.15) is 34.9 Å². The third-order valence-corrected chi connectivity index (χ3v) is 4.19. The molecule has 0 unspecified atom stereocenters. The number of nitrogens with one attached hydrogen (secondary N) is 1. The van der Waals surface area contributed by atoms with Crippen molar-refractivity contribution < 1.29 is 13.2 Å². The van der Waals surface area contributed by atoms with E-state index in [0.29, 0.717) is 17.1 Å². The van der Waals surface area contributed by atoms with Crippen molar-refractivity contribution in [2.24, 2.45) is 0 Å². The zero-order valence-corrected chi connectivity index (χ0v) is 13.5. The highest BCUT2D eigenvalue weighted by molar-refractivity contribution is 7.93. The standard InChI is InChI=1S/C16H17N3O3S/c1-23(21,22)10-4-9-17-16(20)15-14(11-7-8-11)18-12-5-2-3-6-13(12)19-15/h2-6,10-11H,7-9H2,1H3,(H,17,20)/b10-4+. The molecule has 0 saturated heterocycles. The van der Waals surface area contributed by atoms with Crippen molar-refractivity contribution in [3.63, 3.8) is 0 Å². The Labute approximate surface area is 134 Å². The highest BCUT2D eigenvalue weighted by Gasteiger charge is 2.31. The summed E-state index contributed by atoms with van der Waals surface area (Å²) < 4.78 is 22.0. The van der Waals surface area contributed by atoms with Gasteiger partial charge in [-0.3, -0.25) is 4.79 Å². The summed E-state index contributed by atoms with van der Waals surface area (Å²) in [6, 6.07) is 7.44. The zero-order chi connectivity index (χ0) is 16.4. The minimum absolute atomic E-state index is 0.129. The third kappa shape index (κ3) is 3.92. The highest BCUT2D eigenvalue weighted by Crippen LogP contribution is 2.40. The number of amides is 1. The van der Waals surface area contributed by atoms with Gasteiger partial charge >= 0.3 is 0 Å². The van der Waals surface area contributed by atoms with Gasteiger partial charge in [-0.05, 0) is 25.0 Å². The van der Waals surface area contributed by atoms with Crippen LogP contribution in [-0.2, 0) is 9.84 Å². The largest absolute Gasteiger partial charge is 0.347 e. The molecule has 2 aromatic rings. The van der Waals surface area contributed by atoms with Crippen LogP contribution in [0.4, 0.5) is 0 Å². The number of carbonyl (C=O) groups is 1. The fourth-order valence-electron chi connectivity index (χ4n) is 2.28. The summed E-state index contributed by atoms with van der Waals surface area (Å²) in [4.78, 5) is 21.4. The third-order valence-electron chi connectivity index (χ3n) is 3.50. The number of carbonyl (C=O) groups excluding carboxylic acids is 1. The maximum Gasteiger partial charge on any atom is 0.272 e. The molecule has 1 amide bonds. The number of sulfone groups is 1. The topological polar surface area (TPSA) is 89.0 Å². The van der Waals surface area contributed by atoms with Crippen molar-refractivity contribution in [1.29, 1.82) is 0 Å². The van der Waals surface area contributed by atoms with Crippen LogP contribution in [-0.4, -0.2) is 37.1 Å². The van der Waals surface area contributed by atoms with Crippen molar-refractivity contribution >= 4 is 26.8 Å². The van der Waals surface area contributed by atoms with Gasteiger partial charge in [-0.25, -0.2) is 18.4 Å². The Bertz CT molecular complexity index is 887. The van der Waals surface area contributed by atoms with Crippen molar-refractivity contribution in [2.45, 2.75) is 18.8 Å². The van der Waals surface area contributed by atoms with Gasteiger partial charge in [0.1, 0.15) is 0 Å². The second kappa shape index (κ2) is 6.08. The van der Waals surface area contributed by atoms with Crippen LogP contribution in [0.3, 0.4) is 0 Å². The number of benzene rings is 1. The van der Waals surface area contributed by atoms with Crippen LogP contribution in [0.15, 0.2) is 35.7 Å². The van der Waals surface area contributed by atoms with Crippen molar-refractivity contribution in [3.05, 3.63) is 47.1 Å². The smallest absolute Gasteiger partial charge is 0.272 e. The molecular weight excluding hydrogens is 314 g/mol. The number of aromatic nitrogens is 2. The lowest BCUT2D eigenvalue weighted by atomic mass is 10.2. The van der Waals surface area contributed by atoms with E-state index < -0.39 is 9.84 Å². The maximum absolute atomic E-state index is 12.4. The lowest BCUT2D eigenvalue weighted by Crippen LogP contribution is -2.26. The van der Waals surface area contributed by atoms with Gasteiger partial charge in [-0.15, -0.1) is 0 Å². The molecule has 0 spiro atoms. The minimum Gasteiger partial charge on any atom is -0.347 e. The van der Waals surface area contributed by atoms with Crippen LogP contribution in [0.25, 0.3) is 11.0 Å². The molecule has 1 fully saturated rings. The van der Waals surface area contributed by atoms with E-state index >= 15 is 0 Å². The van der Waals surface area contributed by atoms with E-state index in [-0.39, 0.29) is 12.5 Å². The van der Waals surface area contributed by atoms with E-state index in [2.05, 4.69) is 15.3 Å². The fourth-order valence-corrected chi connectivity index (χ4v) is 2.73. The summed E-state index contributed by atoms with van der Waals surface area (Å²) in [6.45, 7) is 0.129. The van der Waals surface area contributed by atoms with Gasteiger partial charge in [0.2, 0.25) is 0 Å². The molecule has 1 aliphatic rings. The molecular formula is C16H17N3O3S. The Morgan fingerprint density at radius 2 is 1.91 bits per heavy atom. The summed E-state index contributed by atoms with van der Waals surface area (Å²) in [5, 5.41) is 3.74. The van der Waals surface area contributed by atoms with Crippen molar-refractivity contribution in [2.75, 3.05) is 12.8 Å². The maximum atomic E-state index is 12.4.